The van der Waals surface area contributed by atoms with Crippen LogP contribution in [0.4, 0.5) is 10.8 Å². The van der Waals surface area contributed by atoms with Gasteiger partial charge in [0.1, 0.15) is 15.5 Å². The average molecular weight is 493 g/mol. The fourth-order valence-corrected chi connectivity index (χ4v) is 6.20. The highest BCUT2D eigenvalue weighted by Crippen LogP contribution is 2.40. The molecule has 34 heavy (non-hydrogen) atoms. The highest BCUT2D eigenvalue weighted by molar-refractivity contribution is 7.21. The minimum atomic E-state index is -0.252. The van der Waals surface area contributed by atoms with Crippen molar-refractivity contribution in [3.63, 3.8) is 0 Å². The van der Waals surface area contributed by atoms with Crippen molar-refractivity contribution in [3.05, 3.63) is 51.8 Å². The molecule has 0 spiro atoms. The van der Waals surface area contributed by atoms with Crippen molar-refractivity contribution in [1.29, 1.82) is 0 Å². The van der Waals surface area contributed by atoms with Gasteiger partial charge in [-0.25, -0.2) is 9.97 Å². The maximum atomic E-state index is 13.1. The Morgan fingerprint density at radius 3 is 2.82 bits per heavy atom. The van der Waals surface area contributed by atoms with E-state index in [4.69, 9.17) is 15.5 Å². The molecule has 4 aromatic rings. The largest absolute Gasteiger partial charge is 0.497 e. The minimum Gasteiger partial charge on any atom is -0.497 e. The normalized spacial score (nSPS) is 15.8. The Morgan fingerprint density at radius 1 is 1.24 bits per heavy atom. The van der Waals surface area contributed by atoms with Crippen LogP contribution in [0, 0.1) is 11.3 Å². The zero-order valence-electron chi connectivity index (χ0n) is 19.8. The molecule has 1 aromatic carbocycles. The number of nitrogens with one attached hydrogen (secondary N) is 1. The lowest BCUT2D eigenvalue weighted by Crippen LogP contribution is -2.27. The summed E-state index contributed by atoms with van der Waals surface area (Å²) in [5.41, 5.74) is 11.3. The summed E-state index contributed by atoms with van der Waals surface area (Å²) in [6.45, 7) is 6.90. The van der Waals surface area contributed by atoms with Crippen molar-refractivity contribution in [2.75, 3.05) is 18.2 Å². The van der Waals surface area contributed by atoms with E-state index in [1.165, 1.54) is 28.2 Å². The Labute approximate surface area is 207 Å². The molecule has 0 fully saturated rings. The van der Waals surface area contributed by atoms with E-state index in [9.17, 15) is 4.79 Å². The SMILES string of the molecule is COc1cccc(-c2csc(NC(=O)c3sc4nc5c(cc4c3N)CC(C(C)(C)C)CC5)n2)c1. The summed E-state index contributed by atoms with van der Waals surface area (Å²) in [6.07, 6.45) is 3.12. The Morgan fingerprint density at radius 2 is 2.06 bits per heavy atom. The number of nitrogens with two attached hydrogens (primary N) is 1. The van der Waals surface area contributed by atoms with Gasteiger partial charge in [-0.2, -0.15) is 0 Å². The van der Waals surface area contributed by atoms with Crippen LogP contribution in [-0.2, 0) is 12.8 Å². The van der Waals surface area contributed by atoms with Crippen LogP contribution in [-0.4, -0.2) is 23.0 Å². The maximum absolute atomic E-state index is 13.1. The number of ether oxygens (including phenoxy) is 1. The molecule has 1 atom stereocenters. The van der Waals surface area contributed by atoms with Crippen LogP contribution in [0.3, 0.4) is 0 Å². The van der Waals surface area contributed by atoms with Crippen molar-refractivity contribution < 1.29 is 9.53 Å². The summed E-state index contributed by atoms with van der Waals surface area (Å²) in [4.78, 5) is 23.9. The number of thiophene rings is 1. The summed E-state index contributed by atoms with van der Waals surface area (Å²) in [6, 6.07) is 9.84. The fourth-order valence-electron chi connectivity index (χ4n) is 4.50. The van der Waals surface area contributed by atoms with Crippen LogP contribution in [0.25, 0.3) is 21.5 Å². The molecule has 0 radical (unpaired) electrons. The van der Waals surface area contributed by atoms with Gasteiger partial charge in [-0.1, -0.05) is 32.9 Å². The molecule has 5 rings (SSSR count). The molecular weight excluding hydrogens is 464 g/mol. The van der Waals surface area contributed by atoms with E-state index in [-0.39, 0.29) is 11.3 Å². The van der Waals surface area contributed by atoms with Crippen molar-refractivity contribution in [3.8, 4) is 17.0 Å². The van der Waals surface area contributed by atoms with E-state index in [0.717, 1.165) is 52.2 Å². The van der Waals surface area contributed by atoms with E-state index in [2.05, 4.69) is 37.1 Å². The lowest BCUT2D eigenvalue weighted by atomic mass is 9.71. The van der Waals surface area contributed by atoms with Crippen LogP contribution in [0.5, 0.6) is 5.75 Å². The van der Waals surface area contributed by atoms with E-state index in [0.29, 0.717) is 21.6 Å². The number of aryl methyl sites for hydroxylation is 1. The number of amides is 1. The van der Waals surface area contributed by atoms with Crippen molar-refractivity contribution in [1.82, 2.24) is 9.97 Å². The molecule has 1 aliphatic carbocycles. The first-order valence-electron chi connectivity index (χ1n) is 11.3. The number of benzene rings is 1. The van der Waals surface area contributed by atoms with Gasteiger partial charge in [0.05, 0.1) is 18.5 Å². The quantitative estimate of drug-likeness (QED) is 0.343. The van der Waals surface area contributed by atoms with Crippen molar-refractivity contribution in [2.45, 2.75) is 40.0 Å². The third-order valence-electron chi connectivity index (χ3n) is 6.61. The van der Waals surface area contributed by atoms with Crippen LogP contribution in [0.2, 0.25) is 0 Å². The van der Waals surface area contributed by atoms with E-state index in [1.54, 1.807) is 7.11 Å². The fraction of sp³-hybridized carbons (Fsp3) is 0.346. The molecule has 1 unspecified atom stereocenters. The second-order valence-electron chi connectivity index (χ2n) is 9.82. The van der Waals surface area contributed by atoms with E-state index in [1.807, 2.05) is 29.6 Å². The zero-order valence-corrected chi connectivity index (χ0v) is 21.4. The monoisotopic (exact) mass is 492 g/mol. The Balaban J connectivity index is 1.39. The van der Waals surface area contributed by atoms with Crippen LogP contribution in [0.15, 0.2) is 35.7 Å². The molecule has 1 aliphatic rings. The van der Waals surface area contributed by atoms with Crippen LogP contribution >= 0.6 is 22.7 Å². The number of pyridine rings is 1. The molecule has 3 aromatic heterocycles. The summed E-state index contributed by atoms with van der Waals surface area (Å²) in [5.74, 6) is 1.13. The second kappa shape index (κ2) is 8.67. The summed E-state index contributed by atoms with van der Waals surface area (Å²) in [5, 5.41) is 6.23. The predicted octanol–water partition coefficient (Wildman–Crippen LogP) is 6.41. The molecule has 8 heteroatoms. The van der Waals surface area contributed by atoms with Gasteiger partial charge in [-0.15, -0.1) is 22.7 Å². The van der Waals surface area contributed by atoms with E-state index >= 15 is 0 Å². The van der Waals surface area contributed by atoms with Crippen LogP contribution < -0.4 is 15.8 Å². The van der Waals surface area contributed by atoms with Gasteiger partial charge in [0.2, 0.25) is 0 Å². The van der Waals surface area contributed by atoms with Crippen molar-refractivity contribution in [2.24, 2.45) is 11.3 Å². The number of thiazole rings is 1. The van der Waals surface area contributed by atoms with Gasteiger partial charge in [0.15, 0.2) is 5.13 Å². The minimum absolute atomic E-state index is 0.252. The van der Waals surface area contributed by atoms with Gasteiger partial charge >= 0.3 is 0 Å². The molecule has 6 nitrogen and oxygen atoms in total. The number of carbonyl (C=O) groups excluding carboxylic acids is 1. The highest BCUT2D eigenvalue weighted by Gasteiger charge is 2.30. The predicted molar refractivity (Wildman–Crippen MR) is 141 cm³/mol. The first-order chi connectivity index (χ1) is 16.2. The molecular formula is C26H28N4O2S2. The standard InChI is InChI=1S/C26H28N4O2S2/c1-26(2,3)16-8-9-19-15(10-16)12-18-21(27)22(34-24(18)28-19)23(31)30-25-29-20(13-33-25)14-6-5-7-17(11-14)32-4/h5-7,11-13,16H,8-10,27H2,1-4H3,(H,29,30,31). The average Bonchev–Trinajstić information content (AvgIpc) is 3.41. The summed E-state index contributed by atoms with van der Waals surface area (Å²) >= 11 is 2.73. The summed E-state index contributed by atoms with van der Waals surface area (Å²) in [7, 11) is 1.63. The number of hydrogen-bond donors (Lipinski definition) is 2. The molecule has 0 saturated carbocycles. The first-order valence-corrected chi connectivity index (χ1v) is 13.0. The molecule has 0 saturated heterocycles. The number of anilines is 2. The van der Waals surface area contributed by atoms with Gasteiger partial charge in [-0.3, -0.25) is 10.1 Å². The Bertz CT molecular complexity index is 1380. The number of carbonyl (C=O) groups is 1. The van der Waals surface area contributed by atoms with Gasteiger partial charge in [0, 0.05) is 22.0 Å². The van der Waals surface area contributed by atoms with E-state index < -0.39 is 0 Å². The molecule has 3 heterocycles. The second-order valence-corrected chi connectivity index (χ2v) is 11.7. The van der Waals surface area contributed by atoms with Crippen molar-refractivity contribution >= 4 is 49.6 Å². The Kier molecular flexibility index (Phi) is 5.81. The highest BCUT2D eigenvalue weighted by atomic mass is 32.1. The number of methoxy groups -OCH3 is 1. The number of hydrogen-bond acceptors (Lipinski definition) is 7. The third kappa shape index (κ3) is 4.28. The molecule has 176 valence electrons. The smallest absolute Gasteiger partial charge is 0.269 e. The van der Waals surface area contributed by atoms with Gasteiger partial charge in [-0.05, 0) is 54.4 Å². The number of aromatic nitrogens is 2. The molecule has 0 bridgehead atoms. The number of fused-ring (bicyclic) bond motifs is 2. The number of nitrogens with zero attached hydrogens (tertiary/aromatic N) is 2. The molecule has 1 amide bonds. The summed E-state index contributed by atoms with van der Waals surface area (Å²) < 4.78 is 5.29. The zero-order chi connectivity index (χ0) is 24.0. The number of nitrogen functional groups attached to an aromatic ring is 1. The molecule has 3 N–H and O–H groups in total. The molecule has 0 aliphatic heterocycles. The number of rotatable bonds is 4. The maximum Gasteiger partial charge on any atom is 0.269 e. The third-order valence-corrected chi connectivity index (χ3v) is 8.48. The van der Waals surface area contributed by atoms with Crippen LogP contribution in [0.1, 0.15) is 48.1 Å². The Hall–Kier alpha value is -2.97. The van der Waals surface area contributed by atoms with Gasteiger partial charge < -0.3 is 10.5 Å². The lowest BCUT2D eigenvalue weighted by Gasteiger charge is -2.34. The topological polar surface area (TPSA) is 90.1 Å². The van der Waals surface area contributed by atoms with Gasteiger partial charge in [0.25, 0.3) is 5.91 Å². The first kappa shape index (κ1) is 22.8. The lowest BCUT2D eigenvalue weighted by molar-refractivity contribution is 0.103.